The predicted molar refractivity (Wildman–Crippen MR) is 99.4 cm³/mol. The molecule has 3 heterocycles. The van der Waals surface area contributed by atoms with Gasteiger partial charge in [-0.15, -0.1) is 0 Å². The fourth-order valence-electron chi connectivity index (χ4n) is 3.56. The molecular formula is C18H18ClF2N5O3. The van der Waals surface area contributed by atoms with Crippen molar-refractivity contribution in [3.05, 3.63) is 45.7 Å². The van der Waals surface area contributed by atoms with E-state index in [1.54, 1.807) is 4.68 Å². The first-order valence-electron chi connectivity index (χ1n) is 8.98. The molecule has 0 saturated carbocycles. The van der Waals surface area contributed by atoms with Gasteiger partial charge in [0.15, 0.2) is 11.6 Å². The summed E-state index contributed by atoms with van der Waals surface area (Å²) < 4.78 is 28.6. The van der Waals surface area contributed by atoms with Crippen molar-refractivity contribution in [2.24, 2.45) is 0 Å². The van der Waals surface area contributed by atoms with E-state index >= 15 is 0 Å². The Hall–Kier alpha value is -2.72. The van der Waals surface area contributed by atoms with Crippen LogP contribution in [0.2, 0.25) is 5.02 Å². The van der Waals surface area contributed by atoms with Crippen molar-refractivity contribution in [2.45, 2.75) is 32.5 Å². The maximum Gasteiger partial charge on any atom is 0.322 e. The number of hydrogen-bond donors (Lipinski definition) is 1. The van der Waals surface area contributed by atoms with Crippen LogP contribution in [0.4, 0.5) is 19.3 Å². The Labute approximate surface area is 169 Å². The minimum atomic E-state index is -1.17. The van der Waals surface area contributed by atoms with Gasteiger partial charge < -0.3 is 10.2 Å². The number of rotatable bonds is 1. The number of carbonyl (C=O) groups excluding carboxylic acids is 2. The van der Waals surface area contributed by atoms with E-state index in [0.29, 0.717) is 30.8 Å². The molecule has 154 valence electrons. The zero-order chi connectivity index (χ0) is 20.9. The van der Waals surface area contributed by atoms with Gasteiger partial charge >= 0.3 is 6.03 Å². The second kappa shape index (κ2) is 7.27. The van der Waals surface area contributed by atoms with Gasteiger partial charge in [-0.1, -0.05) is 11.6 Å². The summed E-state index contributed by atoms with van der Waals surface area (Å²) in [4.78, 5) is 32.3. The van der Waals surface area contributed by atoms with Crippen LogP contribution in [-0.2, 0) is 24.3 Å². The monoisotopic (exact) mass is 425 g/mol. The molecule has 1 unspecified atom stereocenters. The van der Waals surface area contributed by atoms with Crippen LogP contribution in [0, 0.1) is 11.6 Å². The molecule has 0 spiro atoms. The van der Waals surface area contributed by atoms with Crippen molar-refractivity contribution < 1.29 is 23.2 Å². The van der Waals surface area contributed by atoms with Crippen LogP contribution in [-0.4, -0.2) is 51.4 Å². The Morgan fingerprint density at radius 1 is 1.38 bits per heavy atom. The van der Waals surface area contributed by atoms with Gasteiger partial charge in [0.25, 0.3) is 5.91 Å². The maximum absolute atomic E-state index is 13.6. The van der Waals surface area contributed by atoms with Crippen LogP contribution in [0.5, 0.6) is 0 Å². The standard InChI is InChI=1S/C18H18ClF2N5O3/c1-9-5-14-11(16-17(27)24(2)29-4-3-26(16)23-14)8-25(9)18(28)22-10-6-12(19)15(21)13(20)7-10/h6-7,9H,3-5,8H2,1-2H3,(H,22,28). The molecule has 0 saturated heterocycles. The van der Waals surface area contributed by atoms with Crippen LogP contribution in [0.15, 0.2) is 12.1 Å². The van der Waals surface area contributed by atoms with Crippen molar-refractivity contribution in [2.75, 3.05) is 19.0 Å². The largest absolute Gasteiger partial charge is 0.322 e. The quantitative estimate of drug-likeness (QED) is 0.712. The van der Waals surface area contributed by atoms with Crippen LogP contribution >= 0.6 is 11.6 Å². The molecule has 0 radical (unpaired) electrons. The van der Waals surface area contributed by atoms with Crippen LogP contribution in [0.1, 0.15) is 28.7 Å². The molecule has 2 aliphatic rings. The molecule has 3 amide bonds. The molecule has 11 heteroatoms. The zero-order valence-corrected chi connectivity index (χ0v) is 16.5. The third-order valence-corrected chi connectivity index (χ3v) is 5.33. The van der Waals surface area contributed by atoms with Crippen LogP contribution < -0.4 is 5.32 Å². The summed E-state index contributed by atoms with van der Waals surface area (Å²) >= 11 is 5.65. The van der Waals surface area contributed by atoms with Crippen molar-refractivity contribution in [3.63, 3.8) is 0 Å². The minimum Gasteiger partial charge on any atom is -0.317 e. The fraction of sp³-hybridized carbons (Fsp3) is 0.389. The van der Waals surface area contributed by atoms with E-state index in [9.17, 15) is 18.4 Å². The van der Waals surface area contributed by atoms with E-state index in [-0.39, 0.29) is 24.2 Å². The number of nitrogens with one attached hydrogen (secondary N) is 1. The molecule has 1 aromatic carbocycles. The molecule has 0 fully saturated rings. The molecule has 2 aliphatic heterocycles. The molecule has 2 aromatic rings. The van der Waals surface area contributed by atoms with Gasteiger partial charge in [-0.2, -0.15) is 5.10 Å². The molecule has 4 rings (SSSR count). The first kappa shape index (κ1) is 19.6. The predicted octanol–water partition coefficient (Wildman–Crippen LogP) is 2.81. The molecule has 8 nitrogen and oxygen atoms in total. The molecule has 1 atom stereocenters. The third kappa shape index (κ3) is 3.42. The van der Waals surface area contributed by atoms with Gasteiger partial charge in [-0.3, -0.25) is 14.3 Å². The van der Waals surface area contributed by atoms with Crippen molar-refractivity contribution in [1.29, 1.82) is 0 Å². The van der Waals surface area contributed by atoms with Gasteiger partial charge in [0.05, 0.1) is 30.4 Å². The molecule has 1 aromatic heterocycles. The third-order valence-electron chi connectivity index (χ3n) is 5.06. The van der Waals surface area contributed by atoms with E-state index in [0.717, 1.165) is 22.9 Å². The number of anilines is 1. The van der Waals surface area contributed by atoms with Gasteiger partial charge in [0.2, 0.25) is 0 Å². The summed E-state index contributed by atoms with van der Waals surface area (Å²) in [5.41, 5.74) is 1.84. The fourth-order valence-corrected chi connectivity index (χ4v) is 3.77. The molecular weight excluding hydrogens is 408 g/mol. The summed E-state index contributed by atoms with van der Waals surface area (Å²) in [7, 11) is 1.53. The van der Waals surface area contributed by atoms with E-state index in [1.165, 1.54) is 11.9 Å². The second-order valence-corrected chi connectivity index (χ2v) is 7.41. The number of halogens is 3. The smallest absolute Gasteiger partial charge is 0.317 e. The Kier molecular flexibility index (Phi) is 4.91. The van der Waals surface area contributed by atoms with E-state index in [1.807, 2.05) is 6.92 Å². The minimum absolute atomic E-state index is 0.0370. The van der Waals surface area contributed by atoms with E-state index in [2.05, 4.69) is 10.4 Å². The first-order valence-corrected chi connectivity index (χ1v) is 9.35. The summed E-state index contributed by atoms with van der Waals surface area (Å²) in [5, 5.41) is 7.79. The number of carbonyl (C=O) groups is 2. The number of fused-ring (bicyclic) bond motifs is 3. The Morgan fingerprint density at radius 3 is 2.86 bits per heavy atom. The number of amides is 3. The number of hydrogen-bond acceptors (Lipinski definition) is 4. The van der Waals surface area contributed by atoms with Crippen LogP contribution in [0.25, 0.3) is 0 Å². The van der Waals surface area contributed by atoms with Crippen LogP contribution in [0.3, 0.4) is 0 Å². The Balaban J connectivity index is 1.61. The second-order valence-electron chi connectivity index (χ2n) is 7.00. The number of nitrogens with zero attached hydrogens (tertiary/aromatic N) is 4. The maximum atomic E-state index is 13.6. The summed E-state index contributed by atoms with van der Waals surface area (Å²) in [5.74, 6) is -2.66. The first-order chi connectivity index (χ1) is 13.8. The highest BCUT2D eigenvalue weighted by Crippen LogP contribution is 2.29. The number of aromatic nitrogens is 2. The van der Waals surface area contributed by atoms with E-state index < -0.39 is 22.7 Å². The highest BCUT2D eigenvalue weighted by atomic mass is 35.5. The number of urea groups is 1. The Bertz CT molecular complexity index is 989. The van der Waals surface area contributed by atoms with Crippen molar-refractivity contribution in [3.8, 4) is 0 Å². The van der Waals surface area contributed by atoms with Gasteiger partial charge in [-0.25, -0.2) is 18.6 Å². The van der Waals surface area contributed by atoms with Crippen molar-refractivity contribution >= 4 is 29.2 Å². The van der Waals surface area contributed by atoms with Gasteiger partial charge in [0.1, 0.15) is 5.69 Å². The van der Waals surface area contributed by atoms with Crippen molar-refractivity contribution in [1.82, 2.24) is 19.7 Å². The van der Waals surface area contributed by atoms with Gasteiger partial charge in [0, 0.05) is 36.8 Å². The topological polar surface area (TPSA) is 79.7 Å². The SMILES string of the molecule is CC1Cc2nn3c(c2CN1C(=O)Nc1cc(F)c(F)c(Cl)c1)C(=O)N(C)OCC3. The number of benzene rings is 1. The molecule has 29 heavy (non-hydrogen) atoms. The summed E-state index contributed by atoms with van der Waals surface area (Å²) in [6.07, 6.45) is 0.457. The summed E-state index contributed by atoms with van der Waals surface area (Å²) in [6.45, 7) is 2.73. The highest BCUT2D eigenvalue weighted by molar-refractivity contribution is 6.31. The lowest BCUT2D eigenvalue weighted by atomic mass is 9.99. The number of hydroxylamine groups is 2. The molecule has 0 aliphatic carbocycles. The lowest BCUT2D eigenvalue weighted by Gasteiger charge is -2.33. The normalized spacial score (nSPS) is 18.9. The average Bonchev–Trinajstić information content (AvgIpc) is 2.94. The Morgan fingerprint density at radius 2 is 2.14 bits per heavy atom. The lowest BCUT2D eigenvalue weighted by Crippen LogP contribution is -2.45. The van der Waals surface area contributed by atoms with E-state index in [4.69, 9.17) is 16.4 Å². The molecule has 0 bridgehead atoms. The zero-order valence-electron chi connectivity index (χ0n) is 15.7. The average molecular weight is 426 g/mol. The highest BCUT2D eigenvalue weighted by Gasteiger charge is 2.36. The lowest BCUT2D eigenvalue weighted by molar-refractivity contribution is -0.103. The molecule has 1 N–H and O–H groups in total. The van der Waals surface area contributed by atoms with Gasteiger partial charge in [-0.05, 0) is 13.0 Å². The summed E-state index contributed by atoms with van der Waals surface area (Å²) in [6, 6.07) is 1.27.